The Labute approximate surface area is 105 Å². The van der Waals surface area contributed by atoms with Gasteiger partial charge in [-0.25, -0.2) is 14.8 Å². The number of hydrogen-bond acceptors (Lipinski definition) is 4. The highest BCUT2D eigenvalue weighted by Crippen LogP contribution is 2.12. The first-order valence-corrected chi connectivity index (χ1v) is 5.51. The summed E-state index contributed by atoms with van der Waals surface area (Å²) in [5, 5.41) is 12.0. The molecule has 2 N–H and O–H groups in total. The van der Waals surface area contributed by atoms with Crippen molar-refractivity contribution in [3.63, 3.8) is 0 Å². The second-order valence-corrected chi connectivity index (χ2v) is 3.84. The van der Waals surface area contributed by atoms with E-state index in [1.54, 1.807) is 0 Å². The molecule has 0 spiro atoms. The van der Waals surface area contributed by atoms with Crippen molar-refractivity contribution in [1.29, 1.82) is 0 Å². The first-order valence-electron chi connectivity index (χ1n) is 5.51. The minimum absolute atomic E-state index is 0.0638. The van der Waals surface area contributed by atoms with Crippen molar-refractivity contribution in [3.05, 3.63) is 53.5 Å². The van der Waals surface area contributed by atoms with Crippen molar-refractivity contribution in [2.45, 2.75) is 13.5 Å². The number of aryl methyl sites for hydroxylation is 1. The lowest BCUT2D eigenvalue weighted by atomic mass is 10.1. The molecule has 0 fully saturated rings. The second-order valence-electron chi connectivity index (χ2n) is 3.84. The molecule has 0 bridgehead atoms. The van der Waals surface area contributed by atoms with Gasteiger partial charge in [0.25, 0.3) is 0 Å². The zero-order chi connectivity index (χ0) is 13.0. The fraction of sp³-hybridized carbons (Fsp3) is 0.154. The van der Waals surface area contributed by atoms with Crippen LogP contribution in [0.2, 0.25) is 0 Å². The Hall–Kier alpha value is -2.43. The number of rotatable bonds is 4. The van der Waals surface area contributed by atoms with E-state index in [1.807, 2.05) is 31.2 Å². The van der Waals surface area contributed by atoms with Crippen LogP contribution in [0.4, 0.5) is 5.82 Å². The maximum Gasteiger partial charge on any atom is 0.358 e. The highest BCUT2D eigenvalue weighted by molar-refractivity contribution is 5.90. The van der Waals surface area contributed by atoms with Crippen LogP contribution in [0.25, 0.3) is 0 Å². The third kappa shape index (κ3) is 2.63. The van der Waals surface area contributed by atoms with Crippen LogP contribution in [-0.2, 0) is 6.54 Å². The lowest BCUT2D eigenvalue weighted by Crippen LogP contribution is -2.10. The first-order chi connectivity index (χ1) is 8.68. The molecule has 0 aliphatic rings. The molecule has 0 atom stereocenters. The number of hydrogen-bond donors (Lipinski definition) is 2. The number of carbonyl (C=O) groups is 1. The third-order valence-corrected chi connectivity index (χ3v) is 2.61. The zero-order valence-corrected chi connectivity index (χ0v) is 9.92. The van der Waals surface area contributed by atoms with Crippen molar-refractivity contribution in [2.24, 2.45) is 0 Å². The third-order valence-electron chi connectivity index (χ3n) is 2.61. The Morgan fingerprint density at radius 2 is 2.00 bits per heavy atom. The molecule has 18 heavy (non-hydrogen) atoms. The number of aromatic nitrogens is 2. The van der Waals surface area contributed by atoms with Gasteiger partial charge in [-0.3, -0.25) is 0 Å². The van der Waals surface area contributed by atoms with Crippen LogP contribution in [0.15, 0.2) is 36.7 Å². The van der Waals surface area contributed by atoms with Crippen molar-refractivity contribution < 1.29 is 9.90 Å². The lowest BCUT2D eigenvalue weighted by Gasteiger charge is -2.09. The molecular weight excluding hydrogens is 230 g/mol. The van der Waals surface area contributed by atoms with Gasteiger partial charge in [0, 0.05) is 18.9 Å². The summed E-state index contributed by atoms with van der Waals surface area (Å²) in [6.07, 6.45) is 2.83. The summed E-state index contributed by atoms with van der Waals surface area (Å²) in [6, 6.07) is 7.90. The molecular formula is C13H13N3O2. The van der Waals surface area contributed by atoms with Crippen LogP contribution in [0.5, 0.6) is 0 Å². The van der Waals surface area contributed by atoms with Gasteiger partial charge in [-0.05, 0) is 18.1 Å². The summed E-state index contributed by atoms with van der Waals surface area (Å²) in [7, 11) is 0. The van der Waals surface area contributed by atoms with Crippen LogP contribution < -0.4 is 5.32 Å². The summed E-state index contributed by atoms with van der Waals surface area (Å²) >= 11 is 0. The van der Waals surface area contributed by atoms with Gasteiger partial charge in [0.15, 0.2) is 11.5 Å². The van der Waals surface area contributed by atoms with E-state index in [1.165, 1.54) is 12.4 Å². The predicted octanol–water partition coefficient (Wildman–Crippen LogP) is 2.10. The fourth-order valence-corrected chi connectivity index (χ4v) is 1.61. The minimum Gasteiger partial charge on any atom is -0.476 e. The summed E-state index contributed by atoms with van der Waals surface area (Å²) < 4.78 is 0. The van der Waals surface area contributed by atoms with E-state index in [9.17, 15) is 4.79 Å². The Morgan fingerprint density at radius 3 is 2.72 bits per heavy atom. The molecule has 0 aliphatic heterocycles. The van der Waals surface area contributed by atoms with Crippen molar-refractivity contribution >= 4 is 11.8 Å². The summed E-state index contributed by atoms with van der Waals surface area (Å²) in [5.74, 6) is -0.802. The number of benzene rings is 1. The van der Waals surface area contributed by atoms with Crippen LogP contribution in [0, 0.1) is 6.92 Å². The molecule has 5 nitrogen and oxygen atoms in total. The summed E-state index contributed by atoms with van der Waals surface area (Å²) in [4.78, 5) is 18.7. The predicted molar refractivity (Wildman–Crippen MR) is 67.5 cm³/mol. The monoisotopic (exact) mass is 243 g/mol. The van der Waals surface area contributed by atoms with E-state index in [-0.39, 0.29) is 11.5 Å². The molecule has 1 heterocycles. The normalized spacial score (nSPS) is 10.1. The Morgan fingerprint density at radius 1 is 1.28 bits per heavy atom. The standard InChI is InChI=1S/C13H13N3O2/c1-9-4-2-3-5-10(9)8-16-12-11(13(17)18)14-6-7-15-12/h2-7H,8H2,1H3,(H,15,16)(H,17,18). The van der Waals surface area contributed by atoms with Gasteiger partial charge in [0.2, 0.25) is 0 Å². The highest BCUT2D eigenvalue weighted by atomic mass is 16.4. The molecule has 0 radical (unpaired) electrons. The van der Waals surface area contributed by atoms with E-state index in [4.69, 9.17) is 5.11 Å². The average Bonchev–Trinajstić information content (AvgIpc) is 2.38. The van der Waals surface area contributed by atoms with Gasteiger partial charge in [-0.15, -0.1) is 0 Å². The van der Waals surface area contributed by atoms with Gasteiger partial charge >= 0.3 is 5.97 Å². The first kappa shape index (κ1) is 12.0. The number of carboxylic acid groups (broad SMARTS) is 1. The van der Waals surface area contributed by atoms with Crippen molar-refractivity contribution in [3.8, 4) is 0 Å². The van der Waals surface area contributed by atoms with Crippen LogP contribution in [-0.4, -0.2) is 21.0 Å². The SMILES string of the molecule is Cc1ccccc1CNc1nccnc1C(=O)O. The molecule has 5 heteroatoms. The molecule has 92 valence electrons. The molecule has 0 saturated heterocycles. The summed E-state index contributed by atoms with van der Waals surface area (Å²) in [5.41, 5.74) is 2.18. The zero-order valence-electron chi connectivity index (χ0n) is 9.92. The van der Waals surface area contributed by atoms with E-state index < -0.39 is 5.97 Å². The smallest absolute Gasteiger partial charge is 0.358 e. The number of nitrogens with zero attached hydrogens (tertiary/aromatic N) is 2. The van der Waals surface area contributed by atoms with Crippen LogP contribution >= 0.6 is 0 Å². The van der Waals surface area contributed by atoms with Crippen molar-refractivity contribution in [1.82, 2.24) is 9.97 Å². The van der Waals surface area contributed by atoms with Gasteiger partial charge < -0.3 is 10.4 Å². The second kappa shape index (κ2) is 5.27. The number of anilines is 1. The number of nitrogens with one attached hydrogen (secondary N) is 1. The van der Waals surface area contributed by atoms with E-state index >= 15 is 0 Å². The van der Waals surface area contributed by atoms with E-state index in [2.05, 4.69) is 15.3 Å². The van der Waals surface area contributed by atoms with Gasteiger partial charge in [-0.1, -0.05) is 24.3 Å². The van der Waals surface area contributed by atoms with Crippen LogP contribution in [0.3, 0.4) is 0 Å². The topological polar surface area (TPSA) is 75.1 Å². The van der Waals surface area contributed by atoms with Gasteiger partial charge in [0.05, 0.1) is 0 Å². The number of carboxylic acids is 1. The van der Waals surface area contributed by atoms with Gasteiger partial charge in [0.1, 0.15) is 0 Å². The highest BCUT2D eigenvalue weighted by Gasteiger charge is 2.12. The number of aromatic carboxylic acids is 1. The van der Waals surface area contributed by atoms with Gasteiger partial charge in [-0.2, -0.15) is 0 Å². The lowest BCUT2D eigenvalue weighted by molar-refractivity contribution is 0.0691. The quantitative estimate of drug-likeness (QED) is 0.860. The van der Waals surface area contributed by atoms with Crippen molar-refractivity contribution in [2.75, 3.05) is 5.32 Å². The maximum absolute atomic E-state index is 11.0. The summed E-state index contributed by atoms with van der Waals surface area (Å²) in [6.45, 7) is 2.53. The van der Waals surface area contributed by atoms with E-state index in [0.717, 1.165) is 11.1 Å². The Kier molecular flexibility index (Phi) is 3.52. The molecule has 0 unspecified atom stereocenters. The van der Waals surface area contributed by atoms with E-state index in [0.29, 0.717) is 6.54 Å². The molecule has 0 saturated carbocycles. The maximum atomic E-state index is 11.0. The Bertz CT molecular complexity index is 570. The average molecular weight is 243 g/mol. The molecule has 2 aromatic rings. The van der Waals surface area contributed by atoms with Crippen LogP contribution in [0.1, 0.15) is 21.6 Å². The fourth-order valence-electron chi connectivity index (χ4n) is 1.61. The molecule has 2 rings (SSSR count). The molecule has 1 aromatic carbocycles. The minimum atomic E-state index is -1.09. The largest absolute Gasteiger partial charge is 0.476 e. The molecule has 0 aliphatic carbocycles. The molecule has 0 amide bonds. The Balaban J connectivity index is 2.16. The molecule has 1 aromatic heterocycles.